The first-order chi connectivity index (χ1) is 13.4. The monoisotopic (exact) mass is 399 g/mol. The molecule has 2 N–H and O–H groups in total. The summed E-state index contributed by atoms with van der Waals surface area (Å²) in [6, 6.07) is 14.5. The second kappa shape index (κ2) is 8.36. The molecule has 0 saturated heterocycles. The van der Waals surface area contributed by atoms with Crippen LogP contribution in [0.1, 0.15) is 17.0 Å². The summed E-state index contributed by atoms with van der Waals surface area (Å²) in [6.45, 7) is 0.370. The number of benzene rings is 2. The number of hydrogen-bond donors (Lipinski definition) is 2. The van der Waals surface area contributed by atoms with Crippen LogP contribution in [0.5, 0.6) is 11.6 Å². The number of aromatic nitrogens is 2. The van der Waals surface area contributed by atoms with Crippen molar-refractivity contribution in [2.24, 2.45) is 0 Å². The van der Waals surface area contributed by atoms with Crippen LogP contribution in [0.3, 0.4) is 0 Å². The molecule has 3 rings (SSSR count). The normalized spacial score (nSPS) is 10.9. The van der Waals surface area contributed by atoms with Crippen LogP contribution >= 0.6 is 11.6 Å². The summed E-state index contributed by atoms with van der Waals surface area (Å²) in [7, 11) is 0. The summed E-state index contributed by atoms with van der Waals surface area (Å²) in [5.41, 5.74) is -0.311. The summed E-state index contributed by atoms with van der Waals surface area (Å²) in [6.07, 6.45) is 3.04. The van der Waals surface area contributed by atoms with E-state index in [2.05, 4.69) is 9.97 Å². The maximum atomic E-state index is 11.6. The molecule has 0 radical (unpaired) electrons. The van der Waals surface area contributed by atoms with E-state index in [9.17, 15) is 20.0 Å². The van der Waals surface area contributed by atoms with Crippen LogP contribution in [0.4, 0.5) is 5.69 Å². The minimum atomic E-state index is -1.03. The van der Waals surface area contributed by atoms with Crippen molar-refractivity contribution in [3.8, 4) is 11.6 Å². The van der Waals surface area contributed by atoms with Crippen molar-refractivity contribution >= 4 is 29.4 Å². The van der Waals surface area contributed by atoms with Gasteiger partial charge in [0, 0.05) is 5.02 Å². The first kappa shape index (κ1) is 19.1. The zero-order valence-corrected chi connectivity index (χ0v) is 15.1. The average Bonchev–Trinajstić information content (AvgIpc) is 2.65. The molecule has 0 unspecified atom stereocenters. The molecule has 8 nitrogen and oxygen atoms in total. The predicted octanol–water partition coefficient (Wildman–Crippen LogP) is 3.79. The van der Waals surface area contributed by atoms with Gasteiger partial charge in [-0.25, -0.2) is 0 Å². The third-order valence-corrected chi connectivity index (χ3v) is 3.94. The molecule has 1 heterocycles. The van der Waals surface area contributed by atoms with E-state index in [1.807, 2.05) is 12.1 Å². The Morgan fingerprint density at radius 3 is 2.64 bits per heavy atom. The van der Waals surface area contributed by atoms with Crippen LogP contribution < -0.4 is 10.3 Å². The SMILES string of the molecule is O=c1[nH]c(/C=C/c2cccc(OCc3ccc(Cl)cc3)c2)nc(O)c1[N+](=O)[O-]. The summed E-state index contributed by atoms with van der Waals surface area (Å²) in [5, 5.41) is 20.9. The van der Waals surface area contributed by atoms with E-state index in [1.165, 1.54) is 6.08 Å². The molecule has 0 bridgehead atoms. The number of nitrogens with zero attached hydrogens (tertiary/aromatic N) is 2. The van der Waals surface area contributed by atoms with Gasteiger partial charge in [-0.3, -0.25) is 14.9 Å². The summed E-state index contributed by atoms with van der Waals surface area (Å²) >= 11 is 5.85. The first-order valence-electron chi connectivity index (χ1n) is 8.05. The molecular formula is C19H14ClN3O5. The van der Waals surface area contributed by atoms with Gasteiger partial charge in [-0.15, -0.1) is 0 Å². The fraction of sp³-hybridized carbons (Fsp3) is 0.0526. The zero-order valence-electron chi connectivity index (χ0n) is 14.3. The van der Waals surface area contributed by atoms with E-state index in [4.69, 9.17) is 16.3 Å². The molecule has 0 aliphatic heterocycles. The topological polar surface area (TPSA) is 118 Å². The van der Waals surface area contributed by atoms with Crippen LogP contribution in [0.25, 0.3) is 12.2 Å². The molecule has 0 spiro atoms. The maximum Gasteiger partial charge on any atom is 0.395 e. The van der Waals surface area contributed by atoms with Crippen molar-refractivity contribution in [1.29, 1.82) is 0 Å². The van der Waals surface area contributed by atoms with E-state index in [0.717, 1.165) is 11.1 Å². The first-order valence-corrected chi connectivity index (χ1v) is 8.43. The maximum absolute atomic E-state index is 11.6. The van der Waals surface area contributed by atoms with Crippen LogP contribution in [0.15, 0.2) is 53.3 Å². The minimum absolute atomic E-state index is 0.0133. The van der Waals surface area contributed by atoms with E-state index < -0.39 is 22.0 Å². The molecular weight excluding hydrogens is 386 g/mol. The number of nitro groups is 1. The van der Waals surface area contributed by atoms with Gasteiger partial charge >= 0.3 is 11.2 Å². The molecule has 0 amide bonds. The largest absolute Gasteiger partial charge is 0.489 e. The fourth-order valence-electron chi connectivity index (χ4n) is 2.35. The van der Waals surface area contributed by atoms with E-state index in [-0.39, 0.29) is 5.82 Å². The standard InChI is InChI=1S/C19H14ClN3O5/c20-14-7-4-13(5-8-14)11-28-15-3-1-2-12(10-15)6-9-16-21-18(24)17(23(26)27)19(25)22-16/h1-10H,11H2,(H2,21,22,24,25)/b9-6+. The van der Waals surface area contributed by atoms with Gasteiger partial charge in [0.1, 0.15) is 18.2 Å². The Morgan fingerprint density at radius 2 is 1.96 bits per heavy atom. The molecule has 28 heavy (non-hydrogen) atoms. The lowest BCUT2D eigenvalue weighted by molar-refractivity contribution is -0.387. The third-order valence-electron chi connectivity index (χ3n) is 3.69. The van der Waals surface area contributed by atoms with Gasteiger partial charge in [0.05, 0.1) is 4.92 Å². The number of H-pyrrole nitrogens is 1. The number of aromatic amines is 1. The molecule has 9 heteroatoms. The highest BCUT2D eigenvalue weighted by Gasteiger charge is 2.21. The quantitative estimate of drug-likeness (QED) is 0.481. The number of rotatable bonds is 6. The third kappa shape index (κ3) is 4.74. The number of nitrogens with one attached hydrogen (secondary N) is 1. The number of ether oxygens (including phenoxy) is 1. The van der Waals surface area contributed by atoms with Crippen molar-refractivity contribution in [3.63, 3.8) is 0 Å². The fourth-order valence-corrected chi connectivity index (χ4v) is 2.47. The van der Waals surface area contributed by atoms with Gasteiger partial charge < -0.3 is 14.8 Å². The van der Waals surface area contributed by atoms with Crippen LogP contribution in [0, 0.1) is 10.1 Å². The van der Waals surface area contributed by atoms with E-state index >= 15 is 0 Å². The molecule has 0 aliphatic rings. The molecule has 1 aromatic heterocycles. The Morgan fingerprint density at radius 1 is 1.21 bits per heavy atom. The van der Waals surface area contributed by atoms with Gasteiger partial charge in [0.25, 0.3) is 5.88 Å². The van der Waals surface area contributed by atoms with Crippen molar-refractivity contribution in [2.75, 3.05) is 0 Å². The lowest BCUT2D eigenvalue weighted by Gasteiger charge is -2.07. The molecule has 142 valence electrons. The minimum Gasteiger partial charge on any atom is -0.489 e. The summed E-state index contributed by atoms with van der Waals surface area (Å²) in [5.74, 6) is -0.320. The molecule has 3 aromatic rings. The smallest absolute Gasteiger partial charge is 0.395 e. The Balaban J connectivity index is 1.73. The zero-order chi connectivity index (χ0) is 20.1. The van der Waals surface area contributed by atoms with Crippen molar-refractivity contribution in [1.82, 2.24) is 9.97 Å². The molecule has 2 aromatic carbocycles. The molecule has 0 aliphatic carbocycles. The van der Waals surface area contributed by atoms with Gasteiger partial charge in [-0.1, -0.05) is 41.9 Å². The van der Waals surface area contributed by atoms with Gasteiger partial charge in [-0.05, 0) is 41.5 Å². The Bertz CT molecular complexity index is 1090. The Hall–Kier alpha value is -3.65. The second-order valence-electron chi connectivity index (χ2n) is 5.70. The van der Waals surface area contributed by atoms with E-state index in [1.54, 1.807) is 42.5 Å². The lowest BCUT2D eigenvalue weighted by Crippen LogP contribution is -2.14. The van der Waals surface area contributed by atoms with Crippen molar-refractivity contribution < 1.29 is 14.8 Å². The molecule has 0 saturated carbocycles. The number of hydrogen-bond acceptors (Lipinski definition) is 6. The summed E-state index contributed by atoms with van der Waals surface area (Å²) < 4.78 is 5.74. The van der Waals surface area contributed by atoms with E-state index in [0.29, 0.717) is 17.4 Å². The van der Waals surface area contributed by atoms with Crippen LogP contribution in [-0.2, 0) is 6.61 Å². The Labute approximate surface area is 163 Å². The number of aromatic hydroxyl groups is 1. The second-order valence-corrected chi connectivity index (χ2v) is 6.14. The van der Waals surface area contributed by atoms with Gasteiger partial charge in [0.15, 0.2) is 0 Å². The van der Waals surface area contributed by atoms with Crippen molar-refractivity contribution in [2.45, 2.75) is 6.61 Å². The van der Waals surface area contributed by atoms with Crippen LogP contribution in [-0.4, -0.2) is 20.0 Å². The molecule has 0 fully saturated rings. The lowest BCUT2D eigenvalue weighted by atomic mass is 10.2. The van der Waals surface area contributed by atoms with Gasteiger partial charge in [0.2, 0.25) is 0 Å². The number of halogens is 1. The highest BCUT2D eigenvalue weighted by atomic mass is 35.5. The summed E-state index contributed by atoms with van der Waals surface area (Å²) in [4.78, 5) is 27.2. The van der Waals surface area contributed by atoms with Gasteiger partial charge in [-0.2, -0.15) is 4.98 Å². The predicted molar refractivity (Wildman–Crippen MR) is 104 cm³/mol. The van der Waals surface area contributed by atoms with Crippen LogP contribution in [0.2, 0.25) is 5.02 Å². The van der Waals surface area contributed by atoms with Crippen molar-refractivity contribution in [3.05, 3.63) is 91.0 Å². The highest BCUT2D eigenvalue weighted by Crippen LogP contribution is 2.19. The Kier molecular flexibility index (Phi) is 5.71. The highest BCUT2D eigenvalue weighted by molar-refractivity contribution is 6.30. The average molecular weight is 400 g/mol. The molecule has 0 atom stereocenters.